The monoisotopic (exact) mass is 329 g/mol. The first-order valence-corrected chi connectivity index (χ1v) is 8.14. The molecule has 128 valence electrons. The van der Waals surface area contributed by atoms with Crippen LogP contribution in [0.25, 0.3) is 0 Å². The van der Waals surface area contributed by atoms with Crippen molar-refractivity contribution in [1.82, 2.24) is 5.32 Å². The van der Waals surface area contributed by atoms with Crippen molar-refractivity contribution < 1.29 is 19.1 Å². The quantitative estimate of drug-likeness (QED) is 0.803. The minimum Gasteiger partial charge on any atom is -0.478 e. The number of hydrogen-bond donors (Lipinski definition) is 2. The van der Waals surface area contributed by atoms with E-state index in [0.717, 1.165) is 12.0 Å². The second kappa shape index (κ2) is 7.81. The first-order valence-electron chi connectivity index (χ1n) is 8.14. The highest BCUT2D eigenvalue weighted by atomic mass is 16.4. The van der Waals surface area contributed by atoms with Crippen LogP contribution < -0.4 is 5.32 Å². The Hall–Kier alpha value is -2.56. The van der Waals surface area contributed by atoms with Gasteiger partial charge < -0.3 is 14.8 Å². The highest BCUT2D eigenvalue weighted by Gasteiger charge is 2.23. The van der Waals surface area contributed by atoms with Crippen LogP contribution in [-0.2, 0) is 6.42 Å². The summed E-state index contributed by atoms with van der Waals surface area (Å²) in [6.07, 6.45) is 1.20. The second-order valence-corrected chi connectivity index (χ2v) is 6.17. The van der Waals surface area contributed by atoms with Crippen molar-refractivity contribution in [2.75, 3.05) is 0 Å². The molecule has 0 spiro atoms. The summed E-state index contributed by atoms with van der Waals surface area (Å²) in [5, 5.41) is 12.1. The molecule has 0 bridgehead atoms. The molecule has 0 fully saturated rings. The molecule has 24 heavy (non-hydrogen) atoms. The molecule has 0 saturated carbocycles. The molecule has 2 N–H and O–H groups in total. The van der Waals surface area contributed by atoms with Gasteiger partial charge in [-0.1, -0.05) is 51.1 Å². The summed E-state index contributed by atoms with van der Waals surface area (Å²) in [5.74, 6) is -0.738. The predicted molar refractivity (Wildman–Crippen MR) is 91.1 cm³/mol. The summed E-state index contributed by atoms with van der Waals surface area (Å²) >= 11 is 0. The fraction of sp³-hybridized carbons (Fsp3) is 0.368. The number of nitrogens with one attached hydrogen (secondary N) is 1. The van der Waals surface area contributed by atoms with Crippen molar-refractivity contribution in [3.8, 4) is 0 Å². The summed E-state index contributed by atoms with van der Waals surface area (Å²) in [4.78, 5) is 23.7. The maximum absolute atomic E-state index is 12.5. The number of benzene rings is 1. The molecule has 1 amide bonds. The van der Waals surface area contributed by atoms with Gasteiger partial charge in [0.1, 0.15) is 11.3 Å². The maximum atomic E-state index is 12.5. The number of rotatable bonds is 7. The Balaban J connectivity index is 2.23. The minimum absolute atomic E-state index is 0.0361. The van der Waals surface area contributed by atoms with Crippen molar-refractivity contribution in [1.29, 1.82) is 0 Å². The van der Waals surface area contributed by atoms with Gasteiger partial charge in [-0.15, -0.1) is 0 Å². The maximum Gasteiger partial charge on any atom is 0.339 e. The Morgan fingerprint density at radius 1 is 1.21 bits per heavy atom. The Labute approximate surface area is 141 Å². The Morgan fingerprint density at radius 2 is 1.88 bits per heavy atom. The van der Waals surface area contributed by atoms with Gasteiger partial charge in [-0.2, -0.15) is 0 Å². The molecular weight excluding hydrogens is 306 g/mol. The Kier molecular flexibility index (Phi) is 5.79. The van der Waals surface area contributed by atoms with E-state index in [1.807, 2.05) is 30.3 Å². The Morgan fingerprint density at radius 3 is 2.38 bits per heavy atom. The number of aryl methyl sites for hydroxylation is 1. The average Bonchev–Trinajstić information content (AvgIpc) is 2.99. The Bertz CT molecular complexity index is 703. The fourth-order valence-corrected chi connectivity index (χ4v) is 2.65. The van der Waals surface area contributed by atoms with Gasteiger partial charge >= 0.3 is 5.97 Å². The average molecular weight is 329 g/mol. The van der Waals surface area contributed by atoms with Crippen molar-refractivity contribution >= 4 is 11.9 Å². The zero-order valence-corrected chi connectivity index (χ0v) is 14.2. The molecular formula is C19H23NO4. The lowest BCUT2D eigenvalue weighted by atomic mass is 9.97. The second-order valence-electron chi connectivity index (χ2n) is 6.17. The SMILES string of the molecule is CCc1oc(C(=O)NC(CC(C)C)c2ccccc2)cc1C(=O)O. The van der Waals surface area contributed by atoms with Crippen molar-refractivity contribution in [2.24, 2.45) is 5.92 Å². The number of carbonyl (C=O) groups is 2. The number of amides is 1. The summed E-state index contributed by atoms with van der Waals surface area (Å²) in [7, 11) is 0. The van der Waals surface area contributed by atoms with Crippen molar-refractivity contribution in [2.45, 2.75) is 39.7 Å². The summed E-state index contributed by atoms with van der Waals surface area (Å²) in [5.41, 5.74) is 1.06. The molecule has 2 rings (SSSR count). The van der Waals surface area contributed by atoms with Gasteiger partial charge in [0, 0.05) is 12.5 Å². The summed E-state index contributed by atoms with van der Waals surface area (Å²) in [6, 6.07) is 10.9. The van der Waals surface area contributed by atoms with E-state index in [4.69, 9.17) is 4.42 Å². The molecule has 1 unspecified atom stereocenters. The van der Waals surface area contributed by atoms with Crippen LogP contribution in [0, 0.1) is 5.92 Å². The van der Waals surface area contributed by atoms with Crippen LogP contribution in [0.5, 0.6) is 0 Å². The van der Waals surface area contributed by atoms with E-state index in [1.165, 1.54) is 6.07 Å². The lowest BCUT2D eigenvalue weighted by Gasteiger charge is -2.20. The number of furan rings is 1. The highest BCUT2D eigenvalue weighted by molar-refractivity contribution is 5.96. The van der Waals surface area contributed by atoms with Crippen LogP contribution in [0.4, 0.5) is 0 Å². The molecule has 5 heteroatoms. The summed E-state index contributed by atoms with van der Waals surface area (Å²) in [6.45, 7) is 5.97. The molecule has 0 aliphatic rings. The van der Waals surface area contributed by atoms with E-state index in [0.29, 0.717) is 18.1 Å². The number of hydrogen-bond acceptors (Lipinski definition) is 3. The van der Waals surface area contributed by atoms with Gasteiger partial charge in [-0.05, 0) is 17.9 Å². The molecule has 1 aromatic heterocycles. The van der Waals surface area contributed by atoms with Crippen molar-refractivity contribution in [3.05, 3.63) is 59.0 Å². The lowest BCUT2D eigenvalue weighted by molar-refractivity contribution is 0.0694. The smallest absolute Gasteiger partial charge is 0.339 e. The van der Waals surface area contributed by atoms with Crippen LogP contribution in [0.15, 0.2) is 40.8 Å². The van der Waals surface area contributed by atoms with E-state index in [1.54, 1.807) is 6.92 Å². The normalized spacial score (nSPS) is 12.2. The van der Waals surface area contributed by atoms with Gasteiger partial charge in [-0.3, -0.25) is 4.79 Å². The van der Waals surface area contributed by atoms with Crippen LogP contribution in [0.1, 0.15) is 65.5 Å². The van der Waals surface area contributed by atoms with Gasteiger partial charge in [0.2, 0.25) is 0 Å². The van der Waals surface area contributed by atoms with Gasteiger partial charge in [0.25, 0.3) is 5.91 Å². The molecule has 0 aliphatic heterocycles. The molecule has 2 aromatic rings. The third kappa shape index (κ3) is 4.25. The predicted octanol–water partition coefficient (Wildman–Crippen LogP) is 4.06. The van der Waals surface area contributed by atoms with E-state index >= 15 is 0 Å². The molecule has 1 atom stereocenters. The van der Waals surface area contributed by atoms with Crippen LogP contribution in [-0.4, -0.2) is 17.0 Å². The summed E-state index contributed by atoms with van der Waals surface area (Å²) < 4.78 is 5.44. The fourth-order valence-electron chi connectivity index (χ4n) is 2.65. The van der Waals surface area contributed by atoms with Crippen LogP contribution in [0.2, 0.25) is 0 Å². The third-order valence-electron chi connectivity index (χ3n) is 3.80. The molecule has 1 heterocycles. The van der Waals surface area contributed by atoms with E-state index < -0.39 is 11.9 Å². The molecule has 0 aliphatic carbocycles. The highest BCUT2D eigenvalue weighted by Crippen LogP contribution is 2.23. The van der Waals surface area contributed by atoms with Gasteiger partial charge in [0.05, 0.1) is 6.04 Å². The van der Waals surface area contributed by atoms with E-state index in [-0.39, 0.29) is 17.4 Å². The number of aromatic carboxylic acids is 1. The third-order valence-corrected chi connectivity index (χ3v) is 3.80. The number of carboxylic acid groups (broad SMARTS) is 1. The number of carbonyl (C=O) groups excluding carboxylic acids is 1. The molecule has 0 saturated heterocycles. The van der Waals surface area contributed by atoms with Crippen LogP contribution >= 0.6 is 0 Å². The minimum atomic E-state index is -1.09. The lowest BCUT2D eigenvalue weighted by Crippen LogP contribution is -2.29. The first kappa shape index (κ1) is 17.8. The molecule has 5 nitrogen and oxygen atoms in total. The standard InChI is InChI=1S/C19H23NO4/c1-4-16-14(19(22)23)11-17(24-16)18(21)20-15(10-12(2)3)13-8-6-5-7-9-13/h5-9,11-12,15H,4,10H2,1-3H3,(H,20,21)(H,22,23). The molecule has 1 aromatic carbocycles. The zero-order valence-electron chi connectivity index (χ0n) is 14.2. The van der Waals surface area contributed by atoms with Gasteiger partial charge in [-0.25, -0.2) is 4.79 Å². The van der Waals surface area contributed by atoms with Crippen molar-refractivity contribution in [3.63, 3.8) is 0 Å². The topological polar surface area (TPSA) is 79.5 Å². The zero-order chi connectivity index (χ0) is 17.7. The van der Waals surface area contributed by atoms with E-state index in [9.17, 15) is 14.7 Å². The van der Waals surface area contributed by atoms with E-state index in [2.05, 4.69) is 19.2 Å². The molecule has 0 radical (unpaired) electrons. The van der Waals surface area contributed by atoms with Gasteiger partial charge in [0.15, 0.2) is 5.76 Å². The first-order chi connectivity index (χ1) is 11.4. The largest absolute Gasteiger partial charge is 0.478 e. The van der Waals surface area contributed by atoms with Crippen LogP contribution in [0.3, 0.4) is 0 Å². The number of carboxylic acids is 1.